The molecule has 25 heavy (non-hydrogen) atoms. The molecular formula is C15H15F4NO5. The summed E-state index contributed by atoms with van der Waals surface area (Å²) in [4.78, 5) is 23.3. The van der Waals surface area contributed by atoms with Crippen LogP contribution >= 0.6 is 0 Å². The van der Waals surface area contributed by atoms with Crippen molar-refractivity contribution in [1.82, 2.24) is 0 Å². The molecule has 138 valence electrons. The highest BCUT2D eigenvalue weighted by Gasteiger charge is 2.45. The monoisotopic (exact) mass is 365 g/mol. The molecule has 0 heterocycles. The van der Waals surface area contributed by atoms with Crippen molar-refractivity contribution in [2.45, 2.75) is 38.9 Å². The number of carbonyl (C=O) groups is 2. The number of carboxylic acids is 1. The molecule has 0 aliphatic heterocycles. The third-order valence-electron chi connectivity index (χ3n) is 3.93. The second kappa shape index (κ2) is 7.58. The van der Waals surface area contributed by atoms with Crippen LogP contribution in [0.5, 0.6) is 11.5 Å². The van der Waals surface area contributed by atoms with Crippen LogP contribution in [0.15, 0.2) is 18.2 Å². The first-order valence-corrected chi connectivity index (χ1v) is 7.29. The molecule has 1 saturated carbocycles. The highest BCUT2D eigenvalue weighted by atomic mass is 19.3. The number of halogens is 4. The average molecular weight is 365 g/mol. The Balaban J connectivity index is 2.14. The highest BCUT2D eigenvalue weighted by Crippen LogP contribution is 2.44. The standard InChI is InChI=1S/C15H15F4NO5/c16-13(17)24-8-2-3-9(10(6-8)25-14(18)19)20-11(21)7-15(12(22)23)4-1-5-15/h2-3,6,13-14H,1,4-5,7H2,(H,20,21)(H,22,23). The fourth-order valence-corrected chi connectivity index (χ4v) is 2.55. The largest absolute Gasteiger partial charge is 0.481 e. The number of carbonyl (C=O) groups excluding carboxylic acids is 1. The summed E-state index contributed by atoms with van der Waals surface area (Å²) in [5, 5.41) is 11.5. The van der Waals surface area contributed by atoms with E-state index in [4.69, 9.17) is 0 Å². The van der Waals surface area contributed by atoms with Crippen LogP contribution in [0, 0.1) is 5.41 Å². The van der Waals surface area contributed by atoms with E-state index in [1.165, 1.54) is 0 Å². The van der Waals surface area contributed by atoms with E-state index in [1.54, 1.807) is 0 Å². The van der Waals surface area contributed by atoms with Crippen molar-refractivity contribution in [1.29, 1.82) is 0 Å². The highest BCUT2D eigenvalue weighted by molar-refractivity contribution is 5.95. The molecule has 0 atom stereocenters. The summed E-state index contributed by atoms with van der Waals surface area (Å²) in [6, 6.07) is 2.88. The molecule has 1 fully saturated rings. The maximum Gasteiger partial charge on any atom is 0.387 e. The maximum atomic E-state index is 12.5. The molecule has 2 rings (SSSR count). The number of ether oxygens (including phenoxy) is 2. The normalized spacial score (nSPS) is 15.6. The third-order valence-corrected chi connectivity index (χ3v) is 3.93. The van der Waals surface area contributed by atoms with Crippen molar-refractivity contribution in [3.05, 3.63) is 18.2 Å². The van der Waals surface area contributed by atoms with Crippen LogP contribution in [0.1, 0.15) is 25.7 Å². The second-order valence-electron chi connectivity index (χ2n) is 5.58. The maximum absolute atomic E-state index is 12.5. The molecule has 0 spiro atoms. The Labute approximate surface area is 139 Å². The van der Waals surface area contributed by atoms with Crippen LogP contribution in [0.3, 0.4) is 0 Å². The summed E-state index contributed by atoms with van der Waals surface area (Å²) in [6.45, 7) is -6.41. The molecular weight excluding hydrogens is 350 g/mol. The zero-order valence-electron chi connectivity index (χ0n) is 12.8. The number of amides is 1. The molecule has 10 heteroatoms. The van der Waals surface area contributed by atoms with E-state index < -0.39 is 42.0 Å². The minimum absolute atomic E-state index is 0.202. The van der Waals surface area contributed by atoms with Crippen LogP contribution < -0.4 is 14.8 Å². The first-order valence-electron chi connectivity index (χ1n) is 7.29. The molecule has 0 unspecified atom stereocenters. The summed E-state index contributed by atoms with van der Waals surface area (Å²) in [7, 11) is 0. The molecule has 0 saturated heterocycles. The van der Waals surface area contributed by atoms with E-state index in [0.717, 1.165) is 18.2 Å². The van der Waals surface area contributed by atoms with Crippen LogP contribution in [0.25, 0.3) is 0 Å². The molecule has 1 aromatic rings. The van der Waals surface area contributed by atoms with Gasteiger partial charge in [-0.3, -0.25) is 9.59 Å². The summed E-state index contributed by atoms with van der Waals surface area (Å²) in [5.41, 5.74) is -1.36. The third kappa shape index (κ3) is 4.74. The molecule has 0 aromatic heterocycles. The Morgan fingerprint density at radius 3 is 2.28 bits per heavy atom. The van der Waals surface area contributed by atoms with Gasteiger partial charge in [-0.25, -0.2) is 0 Å². The topological polar surface area (TPSA) is 84.9 Å². The van der Waals surface area contributed by atoms with E-state index in [1.807, 2.05) is 0 Å². The summed E-state index contributed by atoms with van der Waals surface area (Å²) in [5.74, 6) is -2.80. The molecule has 1 aliphatic rings. The molecule has 1 aliphatic carbocycles. The van der Waals surface area contributed by atoms with Crippen molar-refractivity contribution in [3.63, 3.8) is 0 Å². The van der Waals surface area contributed by atoms with Gasteiger partial charge < -0.3 is 19.9 Å². The SMILES string of the molecule is O=C(CC1(C(=O)O)CCC1)Nc1ccc(OC(F)F)cc1OC(F)F. The van der Waals surface area contributed by atoms with Crippen molar-refractivity contribution < 1.29 is 41.7 Å². The van der Waals surface area contributed by atoms with Crippen molar-refractivity contribution in [3.8, 4) is 11.5 Å². The van der Waals surface area contributed by atoms with Gasteiger partial charge in [0.2, 0.25) is 5.91 Å². The first-order chi connectivity index (χ1) is 11.7. The lowest BCUT2D eigenvalue weighted by atomic mass is 9.66. The summed E-state index contributed by atoms with van der Waals surface area (Å²) >= 11 is 0. The Hall–Kier alpha value is -2.52. The van der Waals surface area contributed by atoms with Crippen LogP contribution in [-0.4, -0.2) is 30.2 Å². The van der Waals surface area contributed by atoms with Gasteiger partial charge in [0.1, 0.15) is 5.75 Å². The Morgan fingerprint density at radius 2 is 1.80 bits per heavy atom. The van der Waals surface area contributed by atoms with E-state index in [9.17, 15) is 32.3 Å². The number of carboxylic acid groups (broad SMARTS) is 1. The second-order valence-corrected chi connectivity index (χ2v) is 5.58. The molecule has 2 N–H and O–H groups in total. The Morgan fingerprint density at radius 1 is 1.16 bits per heavy atom. The molecule has 1 amide bonds. The van der Waals surface area contributed by atoms with E-state index >= 15 is 0 Å². The zero-order valence-corrected chi connectivity index (χ0v) is 12.8. The smallest absolute Gasteiger partial charge is 0.387 e. The van der Waals surface area contributed by atoms with Gasteiger partial charge >= 0.3 is 19.2 Å². The molecule has 1 aromatic carbocycles. The van der Waals surface area contributed by atoms with Crippen LogP contribution in [0.4, 0.5) is 23.2 Å². The summed E-state index contributed by atoms with van der Waals surface area (Å²) < 4.78 is 57.6. The lowest BCUT2D eigenvalue weighted by molar-refractivity contribution is -0.157. The van der Waals surface area contributed by atoms with E-state index in [-0.39, 0.29) is 12.1 Å². The van der Waals surface area contributed by atoms with Gasteiger partial charge in [0.25, 0.3) is 0 Å². The number of alkyl halides is 4. The predicted molar refractivity (Wildman–Crippen MR) is 76.9 cm³/mol. The van der Waals surface area contributed by atoms with Gasteiger partial charge in [-0.05, 0) is 25.0 Å². The van der Waals surface area contributed by atoms with Crippen LogP contribution in [0.2, 0.25) is 0 Å². The number of rotatable bonds is 8. The zero-order chi connectivity index (χ0) is 18.6. The van der Waals surface area contributed by atoms with Crippen LogP contribution in [-0.2, 0) is 9.59 Å². The molecule has 0 radical (unpaired) electrons. The van der Waals surface area contributed by atoms with Gasteiger partial charge in [-0.1, -0.05) is 6.42 Å². The van der Waals surface area contributed by atoms with Gasteiger partial charge in [0, 0.05) is 12.5 Å². The fraction of sp³-hybridized carbons (Fsp3) is 0.467. The van der Waals surface area contributed by atoms with Gasteiger partial charge in [-0.15, -0.1) is 0 Å². The number of nitrogens with one attached hydrogen (secondary N) is 1. The Bertz CT molecular complexity index is 649. The van der Waals surface area contributed by atoms with Gasteiger partial charge in [-0.2, -0.15) is 17.6 Å². The number of benzene rings is 1. The minimum atomic E-state index is -3.26. The summed E-state index contributed by atoms with van der Waals surface area (Å²) in [6.07, 6.45) is 1.04. The van der Waals surface area contributed by atoms with Crippen molar-refractivity contribution >= 4 is 17.6 Å². The number of aliphatic carboxylic acids is 1. The van der Waals surface area contributed by atoms with Gasteiger partial charge in [0.05, 0.1) is 11.1 Å². The lowest BCUT2D eigenvalue weighted by Crippen LogP contribution is -2.41. The molecule has 6 nitrogen and oxygen atoms in total. The number of anilines is 1. The first kappa shape index (κ1) is 18.8. The lowest BCUT2D eigenvalue weighted by Gasteiger charge is -2.36. The van der Waals surface area contributed by atoms with Gasteiger partial charge in [0.15, 0.2) is 5.75 Å². The average Bonchev–Trinajstić information content (AvgIpc) is 2.44. The van der Waals surface area contributed by atoms with E-state index in [2.05, 4.69) is 14.8 Å². The quantitative estimate of drug-likeness (QED) is 0.689. The predicted octanol–water partition coefficient (Wildman–Crippen LogP) is 3.47. The molecule has 0 bridgehead atoms. The number of hydrogen-bond acceptors (Lipinski definition) is 4. The van der Waals surface area contributed by atoms with E-state index in [0.29, 0.717) is 19.3 Å². The minimum Gasteiger partial charge on any atom is -0.481 e. The van der Waals surface area contributed by atoms with Crippen molar-refractivity contribution in [2.24, 2.45) is 5.41 Å². The number of hydrogen-bond donors (Lipinski definition) is 2. The fourth-order valence-electron chi connectivity index (χ4n) is 2.55. The Kier molecular flexibility index (Phi) is 5.70. The van der Waals surface area contributed by atoms with Crippen molar-refractivity contribution in [2.75, 3.05) is 5.32 Å².